The summed E-state index contributed by atoms with van der Waals surface area (Å²) in [6.45, 7) is 1.01. The van der Waals surface area contributed by atoms with Crippen molar-refractivity contribution in [3.05, 3.63) is 0 Å². The van der Waals surface area contributed by atoms with Gasteiger partial charge in [0.05, 0.1) is 6.10 Å². The van der Waals surface area contributed by atoms with Crippen LogP contribution in [0, 0.1) is 0 Å². The van der Waals surface area contributed by atoms with Crippen LogP contribution in [0.1, 0.15) is 32.6 Å². The molecule has 0 heterocycles. The Bertz CT molecular complexity index is 379. The van der Waals surface area contributed by atoms with Gasteiger partial charge >= 0.3 is 12.0 Å². The molecule has 0 spiro atoms. The van der Waals surface area contributed by atoms with Gasteiger partial charge in [-0.2, -0.15) is 0 Å². The quantitative estimate of drug-likeness (QED) is 0.510. The molecule has 0 aromatic heterocycles. The van der Waals surface area contributed by atoms with Gasteiger partial charge in [-0.05, 0) is 19.8 Å². The average Bonchev–Trinajstić information content (AvgIpc) is 2.85. The maximum absolute atomic E-state index is 12.1. The van der Waals surface area contributed by atoms with Crippen molar-refractivity contribution >= 4 is 17.9 Å². The number of aliphatic hydroxyl groups excluding tert-OH is 1. The Morgan fingerprint density at radius 2 is 1.90 bits per heavy atom. The number of aliphatic hydroxyl groups is 1. The molecule has 0 aromatic carbocycles. The van der Waals surface area contributed by atoms with E-state index < -0.39 is 30.1 Å². The van der Waals surface area contributed by atoms with Crippen molar-refractivity contribution in [3.8, 4) is 0 Å². The average molecular weight is 287 g/mol. The Morgan fingerprint density at radius 3 is 2.30 bits per heavy atom. The van der Waals surface area contributed by atoms with Crippen LogP contribution in [0.3, 0.4) is 0 Å². The lowest BCUT2D eigenvalue weighted by molar-refractivity contribution is -0.141. The van der Waals surface area contributed by atoms with Crippen molar-refractivity contribution in [3.63, 3.8) is 0 Å². The summed E-state index contributed by atoms with van der Waals surface area (Å²) in [5.74, 6) is -1.99. The molecule has 8 heteroatoms. The van der Waals surface area contributed by atoms with E-state index in [-0.39, 0.29) is 12.6 Å². The minimum Gasteiger partial charge on any atom is -0.480 e. The minimum atomic E-state index is -1.42. The van der Waals surface area contributed by atoms with E-state index in [9.17, 15) is 19.5 Å². The number of aliphatic carboxylic acids is 1. The third-order valence-corrected chi connectivity index (χ3v) is 3.38. The number of rotatable bonds is 6. The second-order valence-corrected chi connectivity index (χ2v) is 5.04. The van der Waals surface area contributed by atoms with Gasteiger partial charge < -0.3 is 26.2 Å². The monoisotopic (exact) mass is 287 g/mol. The summed E-state index contributed by atoms with van der Waals surface area (Å²) in [5, 5.41) is 20.5. The van der Waals surface area contributed by atoms with Gasteiger partial charge in [0.2, 0.25) is 5.91 Å². The predicted octanol–water partition coefficient (Wildman–Crippen LogP) is -0.740. The fraction of sp³-hybridized carbons (Fsp3) is 0.750. The zero-order chi connectivity index (χ0) is 15.3. The molecule has 0 bridgehead atoms. The van der Waals surface area contributed by atoms with Crippen LogP contribution in [0.25, 0.3) is 0 Å². The van der Waals surface area contributed by atoms with E-state index in [2.05, 4.69) is 5.32 Å². The smallest absolute Gasteiger partial charge is 0.328 e. The topological polar surface area (TPSA) is 133 Å². The molecule has 1 fully saturated rings. The van der Waals surface area contributed by atoms with E-state index in [1.165, 1.54) is 11.8 Å². The van der Waals surface area contributed by atoms with Crippen molar-refractivity contribution in [2.24, 2.45) is 5.73 Å². The molecule has 0 radical (unpaired) electrons. The van der Waals surface area contributed by atoms with Crippen LogP contribution in [0.15, 0.2) is 0 Å². The van der Waals surface area contributed by atoms with Gasteiger partial charge in [-0.25, -0.2) is 9.59 Å². The first-order chi connectivity index (χ1) is 9.32. The van der Waals surface area contributed by atoms with E-state index in [4.69, 9.17) is 10.8 Å². The summed E-state index contributed by atoms with van der Waals surface area (Å²) in [6.07, 6.45) is 2.17. The first kappa shape index (κ1) is 16.2. The van der Waals surface area contributed by atoms with Crippen molar-refractivity contribution in [2.45, 2.75) is 50.8 Å². The molecule has 1 aliphatic carbocycles. The normalized spacial score (nSPS) is 18.3. The number of carboxylic acid groups (broad SMARTS) is 1. The van der Waals surface area contributed by atoms with E-state index in [1.54, 1.807) is 0 Å². The largest absolute Gasteiger partial charge is 0.480 e. The Balaban J connectivity index is 2.76. The summed E-state index contributed by atoms with van der Waals surface area (Å²) in [7, 11) is 0. The van der Waals surface area contributed by atoms with E-state index >= 15 is 0 Å². The molecular weight excluding hydrogens is 266 g/mol. The fourth-order valence-electron chi connectivity index (χ4n) is 2.36. The molecule has 0 unspecified atom stereocenters. The molecule has 2 atom stereocenters. The molecule has 8 nitrogen and oxygen atoms in total. The molecule has 0 aromatic rings. The molecule has 1 aliphatic rings. The van der Waals surface area contributed by atoms with Gasteiger partial charge in [-0.1, -0.05) is 12.8 Å². The first-order valence-electron chi connectivity index (χ1n) is 6.59. The van der Waals surface area contributed by atoms with Gasteiger partial charge in [0.15, 0.2) is 6.04 Å². The third-order valence-electron chi connectivity index (χ3n) is 3.38. The van der Waals surface area contributed by atoms with Crippen molar-refractivity contribution in [1.29, 1.82) is 0 Å². The molecule has 3 amide bonds. The SMILES string of the molecule is C[C@@H](O)[C@H](NC(=O)N(CC(N)=O)C1CCCC1)C(=O)O. The van der Waals surface area contributed by atoms with Crippen molar-refractivity contribution in [2.75, 3.05) is 6.54 Å². The standard InChI is InChI=1S/C12H21N3O5/c1-7(16)10(11(18)19)14-12(20)15(6-9(13)17)8-4-2-3-5-8/h7-8,10,16H,2-6H2,1H3,(H2,13,17)(H,14,20)(H,18,19)/t7-,10+/m1/s1. The highest BCUT2D eigenvalue weighted by molar-refractivity contribution is 5.86. The maximum atomic E-state index is 12.1. The summed E-state index contributed by atoms with van der Waals surface area (Å²) in [5.41, 5.74) is 5.12. The second-order valence-electron chi connectivity index (χ2n) is 5.04. The number of urea groups is 1. The van der Waals surface area contributed by atoms with Crippen LogP contribution in [-0.2, 0) is 9.59 Å². The van der Waals surface area contributed by atoms with Crippen LogP contribution < -0.4 is 11.1 Å². The van der Waals surface area contributed by atoms with Crippen LogP contribution in [0.4, 0.5) is 4.79 Å². The van der Waals surface area contributed by atoms with Gasteiger partial charge in [0.25, 0.3) is 0 Å². The zero-order valence-electron chi connectivity index (χ0n) is 11.4. The van der Waals surface area contributed by atoms with Crippen LogP contribution >= 0.6 is 0 Å². The number of carbonyl (C=O) groups is 3. The van der Waals surface area contributed by atoms with Crippen molar-refractivity contribution in [1.82, 2.24) is 10.2 Å². The molecule has 5 N–H and O–H groups in total. The summed E-state index contributed by atoms with van der Waals surface area (Å²) < 4.78 is 0. The van der Waals surface area contributed by atoms with Gasteiger partial charge in [0, 0.05) is 6.04 Å². The minimum absolute atomic E-state index is 0.119. The Labute approximate surface area is 116 Å². The maximum Gasteiger partial charge on any atom is 0.328 e. The summed E-state index contributed by atoms with van der Waals surface area (Å²) in [4.78, 5) is 35.4. The Kier molecular flexibility index (Phi) is 5.75. The van der Waals surface area contributed by atoms with Crippen LogP contribution in [0.5, 0.6) is 0 Å². The number of nitrogens with one attached hydrogen (secondary N) is 1. The van der Waals surface area contributed by atoms with Gasteiger partial charge in [-0.3, -0.25) is 4.79 Å². The number of hydrogen-bond acceptors (Lipinski definition) is 4. The van der Waals surface area contributed by atoms with Gasteiger partial charge in [0.1, 0.15) is 6.54 Å². The first-order valence-corrected chi connectivity index (χ1v) is 6.59. The van der Waals surface area contributed by atoms with E-state index in [0.29, 0.717) is 0 Å². The summed E-state index contributed by atoms with van der Waals surface area (Å²) in [6, 6.07) is -2.23. The number of hydrogen-bond donors (Lipinski definition) is 4. The molecule has 0 saturated heterocycles. The number of carbonyl (C=O) groups excluding carboxylic acids is 2. The molecule has 20 heavy (non-hydrogen) atoms. The number of primary amides is 1. The molecular formula is C12H21N3O5. The van der Waals surface area contributed by atoms with Gasteiger partial charge in [-0.15, -0.1) is 0 Å². The lowest BCUT2D eigenvalue weighted by Crippen LogP contribution is -2.55. The highest BCUT2D eigenvalue weighted by Gasteiger charge is 2.32. The van der Waals surface area contributed by atoms with Crippen molar-refractivity contribution < 1.29 is 24.6 Å². The Hall–Kier alpha value is -1.83. The molecule has 114 valence electrons. The third kappa shape index (κ3) is 4.37. The fourth-order valence-corrected chi connectivity index (χ4v) is 2.36. The highest BCUT2D eigenvalue weighted by atomic mass is 16.4. The number of carboxylic acids is 1. The highest BCUT2D eigenvalue weighted by Crippen LogP contribution is 2.23. The lowest BCUT2D eigenvalue weighted by atomic mass is 10.2. The number of amides is 3. The zero-order valence-corrected chi connectivity index (χ0v) is 11.4. The number of nitrogens with two attached hydrogens (primary N) is 1. The molecule has 0 aliphatic heterocycles. The van der Waals surface area contributed by atoms with Crippen LogP contribution in [0.2, 0.25) is 0 Å². The second kappa shape index (κ2) is 7.09. The molecule has 1 saturated carbocycles. The molecule has 1 rings (SSSR count). The summed E-state index contributed by atoms with van der Waals surface area (Å²) >= 11 is 0. The van der Waals surface area contributed by atoms with E-state index in [0.717, 1.165) is 25.7 Å². The van der Waals surface area contributed by atoms with E-state index in [1.807, 2.05) is 0 Å². The lowest BCUT2D eigenvalue weighted by Gasteiger charge is -2.29. The Morgan fingerprint density at radius 1 is 1.35 bits per heavy atom. The van der Waals surface area contributed by atoms with Crippen LogP contribution in [-0.4, -0.2) is 57.8 Å². The predicted molar refractivity (Wildman–Crippen MR) is 69.8 cm³/mol. The number of nitrogens with zero attached hydrogens (tertiary/aromatic N) is 1.